The van der Waals surface area contributed by atoms with Crippen molar-refractivity contribution in [2.75, 3.05) is 38.7 Å². The molecule has 0 bridgehead atoms. The van der Waals surface area contributed by atoms with E-state index in [4.69, 9.17) is 9.47 Å². The fourth-order valence-corrected chi connectivity index (χ4v) is 3.40. The second-order valence-corrected chi connectivity index (χ2v) is 6.98. The topological polar surface area (TPSA) is 114 Å². The van der Waals surface area contributed by atoms with E-state index in [1.807, 2.05) is 31.2 Å². The average Bonchev–Trinajstić information content (AvgIpc) is 3.47. The molecule has 1 saturated heterocycles. The molecule has 1 aliphatic rings. The van der Waals surface area contributed by atoms with E-state index < -0.39 is 5.91 Å². The third-order valence-electron chi connectivity index (χ3n) is 5.10. The number of nitrogens with one attached hydrogen (secondary N) is 2. The molecule has 162 valence electrons. The van der Waals surface area contributed by atoms with E-state index in [-0.39, 0.29) is 11.6 Å². The van der Waals surface area contributed by atoms with Crippen LogP contribution in [0.4, 0.5) is 5.69 Å². The lowest BCUT2D eigenvalue weighted by atomic mass is 10.1. The number of carbonyl (C=O) groups excluding carboxylic acids is 2. The Kier molecular flexibility index (Phi) is 5.99. The SMILES string of the molecule is CCn1ncc(NC(=O)c2cc(-c3ccc(OC)cc3)n[nH]2)c1C(=O)N1CCOCC1. The Bertz CT molecular complexity index is 1070. The van der Waals surface area contributed by atoms with Gasteiger partial charge in [-0.05, 0) is 37.3 Å². The molecule has 3 aromatic rings. The van der Waals surface area contributed by atoms with Gasteiger partial charge in [-0.15, -0.1) is 0 Å². The van der Waals surface area contributed by atoms with Crippen molar-refractivity contribution in [2.24, 2.45) is 0 Å². The number of methoxy groups -OCH3 is 1. The Morgan fingerprint density at radius 3 is 2.65 bits per heavy atom. The van der Waals surface area contributed by atoms with Crippen LogP contribution in [-0.4, -0.2) is 70.1 Å². The first-order chi connectivity index (χ1) is 15.1. The van der Waals surface area contributed by atoms with Crippen molar-refractivity contribution in [2.45, 2.75) is 13.5 Å². The minimum Gasteiger partial charge on any atom is -0.497 e. The van der Waals surface area contributed by atoms with Crippen LogP contribution >= 0.6 is 0 Å². The quantitative estimate of drug-likeness (QED) is 0.626. The van der Waals surface area contributed by atoms with Crippen LogP contribution in [0.1, 0.15) is 27.9 Å². The zero-order chi connectivity index (χ0) is 21.8. The zero-order valence-electron chi connectivity index (χ0n) is 17.4. The maximum absolute atomic E-state index is 13.0. The van der Waals surface area contributed by atoms with Crippen molar-refractivity contribution in [1.29, 1.82) is 0 Å². The Labute approximate surface area is 179 Å². The summed E-state index contributed by atoms with van der Waals surface area (Å²) in [4.78, 5) is 27.6. The highest BCUT2D eigenvalue weighted by molar-refractivity contribution is 6.07. The molecule has 1 aromatic carbocycles. The van der Waals surface area contributed by atoms with Crippen LogP contribution in [0.2, 0.25) is 0 Å². The number of anilines is 1. The number of ether oxygens (including phenoxy) is 2. The summed E-state index contributed by atoms with van der Waals surface area (Å²) in [6.45, 7) is 4.41. The second-order valence-electron chi connectivity index (χ2n) is 6.98. The Hall–Kier alpha value is -3.66. The highest BCUT2D eigenvalue weighted by Crippen LogP contribution is 2.23. The molecule has 0 spiro atoms. The van der Waals surface area contributed by atoms with Crippen LogP contribution in [0.5, 0.6) is 5.75 Å². The molecule has 31 heavy (non-hydrogen) atoms. The van der Waals surface area contributed by atoms with Crippen LogP contribution in [-0.2, 0) is 11.3 Å². The molecule has 3 heterocycles. The number of benzene rings is 1. The maximum Gasteiger partial charge on any atom is 0.274 e. The minimum atomic E-state index is -0.404. The average molecular weight is 424 g/mol. The molecular weight excluding hydrogens is 400 g/mol. The van der Waals surface area contributed by atoms with Crippen LogP contribution < -0.4 is 10.1 Å². The van der Waals surface area contributed by atoms with Crippen LogP contribution in [0, 0.1) is 0 Å². The number of amides is 2. The number of morpholine rings is 1. The summed E-state index contributed by atoms with van der Waals surface area (Å²) >= 11 is 0. The molecule has 10 heteroatoms. The van der Waals surface area contributed by atoms with Gasteiger partial charge in [0, 0.05) is 25.2 Å². The molecule has 1 fully saturated rings. The summed E-state index contributed by atoms with van der Waals surface area (Å²) in [6.07, 6.45) is 1.50. The number of aromatic amines is 1. The molecule has 1 aliphatic heterocycles. The van der Waals surface area contributed by atoms with E-state index in [1.54, 1.807) is 22.8 Å². The minimum absolute atomic E-state index is 0.179. The van der Waals surface area contributed by atoms with Crippen LogP contribution in [0.25, 0.3) is 11.3 Å². The Morgan fingerprint density at radius 1 is 1.23 bits per heavy atom. The number of aryl methyl sites for hydroxylation is 1. The first kappa shape index (κ1) is 20.6. The Balaban J connectivity index is 1.53. The summed E-state index contributed by atoms with van der Waals surface area (Å²) in [5, 5.41) is 14.0. The summed E-state index contributed by atoms with van der Waals surface area (Å²) in [7, 11) is 1.60. The molecule has 2 aromatic heterocycles. The highest BCUT2D eigenvalue weighted by Gasteiger charge is 2.26. The second kappa shape index (κ2) is 9.00. The highest BCUT2D eigenvalue weighted by atomic mass is 16.5. The molecule has 0 saturated carbocycles. The number of rotatable bonds is 6. The van der Waals surface area contributed by atoms with Gasteiger partial charge in [0.25, 0.3) is 11.8 Å². The smallest absolute Gasteiger partial charge is 0.274 e. The van der Waals surface area contributed by atoms with Gasteiger partial charge in [0.1, 0.15) is 17.1 Å². The van der Waals surface area contributed by atoms with Crippen LogP contribution in [0.3, 0.4) is 0 Å². The van der Waals surface area contributed by atoms with Crippen molar-refractivity contribution in [3.05, 3.63) is 47.9 Å². The maximum atomic E-state index is 13.0. The fourth-order valence-electron chi connectivity index (χ4n) is 3.40. The first-order valence-corrected chi connectivity index (χ1v) is 10.0. The summed E-state index contributed by atoms with van der Waals surface area (Å²) in [5.41, 5.74) is 2.47. The lowest BCUT2D eigenvalue weighted by Crippen LogP contribution is -2.41. The third kappa shape index (κ3) is 4.29. The van der Waals surface area contributed by atoms with Crippen molar-refractivity contribution < 1.29 is 19.1 Å². The summed E-state index contributed by atoms with van der Waals surface area (Å²) in [5.74, 6) is 0.156. The molecule has 4 rings (SSSR count). The molecule has 0 atom stereocenters. The molecule has 0 aliphatic carbocycles. The molecule has 2 amide bonds. The van der Waals surface area contributed by atoms with Gasteiger partial charge < -0.3 is 19.7 Å². The van der Waals surface area contributed by atoms with Crippen molar-refractivity contribution in [3.8, 4) is 17.0 Å². The van der Waals surface area contributed by atoms with Gasteiger partial charge in [0.15, 0.2) is 0 Å². The molecule has 2 N–H and O–H groups in total. The van der Waals surface area contributed by atoms with Gasteiger partial charge >= 0.3 is 0 Å². The lowest BCUT2D eigenvalue weighted by molar-refractivity contribution is 0.0295. The van der Waals surface area contributed by atoms with Gasteiger partial charge in [0.05, 0.1) is 37.9 Å². The van der Waals surface area contributed by atoms with Gasteiger partial charge in [-0.1, -0.05) is 0 Å². The Morgan fingerprint density at radius 2 is 1.97 bits per heavy atom. The van der Waals surface area contributed by atoms with Crippen molar-refractivity contribution >= 4 is 17.5 Å². The summed E-state index contributed by atoms with van der Waals surface area (Å²) < 4.78 is 12.1. The summed E-state index contributed by atoms with van der Waals surface area (Å²) in [6, 6.07) is 9.03. The number of hydrogen-bond acceptors (Lipinski definition) is 6. The largest absolute Gasteiger partial charge is 0.497 e. The normalized spacial score (nSPS) is 13.8. The molecular formula is C21H24N6O4. The predicted molar refractivity (Wildman–Crippen MR) is 113 cm³/mol. The number of H-pyrrole nitrogens is 1. The first-order valence-electron chi connectivity index (χ1n) is 10.0. The zero-order valence-corrected chi connectivity index (χ0v) is 17.4. The van der Waals surface area contributed by atoms with Gasteiger partial charge in [-0.25, -0.2) is 0 Å². The van der Waals surface area contributed by atoms with Gasteiger partial charge in [0.2, 0.25) is 0 Å². The van der Waals surface area contributed by atoms with E-state index in [0.29, 0.717) is 49.9 Å². The molecule has 0 unspecified atom stereocenters. The number of nitrogens with zero attached hydrogens (tertiary/aromatic N) is 4. The predicted octanol–water partition coefficient (Wildman–Crippen LogP) is 2.03. The fraction of sp³-hybridized carbons (Fsp3) is 0.333. The number of aromatic nitrogens is 4. The molecule has 0 radical (unpaired) electrons. The van der Waals surface area contributed by atoms with Crippen molar-refractivity contribution in [3.63, 3.8) is 0 Å². The lowest BCUT2D eigenvalue weighted by Gasteiger charge is -2.27. The number of hydrogen-bond donors (Lipinski definition) is 2. The molecule has 10 nitrogen and oxygen atoms in total. The van der Waals surface area contributed by atoms with E-state index in [2.05, 4.69) is 20.6 Å². The van der Waals surface area contributed by atoms with Gasteiger partial charge in [-0.3, -0.25) is 19.4 Å². The number of carbonyl (C=O) groups is 2. The van der Waals surface area contributed by atoms with E-state index in [1.165, 1.54) is 6.20 Å². The van der Waals surface area contributed by atoms with E-state index in [0.717, 1.165) is 11.3 Å². The standard InChI is InChI=1S/C21H24N6O4/c1-3-27-19(21(29)26-8-10-31-11-9-26)18(13-22-27)23-20(28)17-12-16(24-25-17)14-4-6-15(30-2)7-5-14/h4-7,12-13H,3,8-11H2,1-2H3,(H,23,28)(H,24,25). The van der Waals surface area contributed by atoms with Crippen molar-refractivity contribution in [1.82, 2.24) is 24.9 Å². The van der Waals surface area contributed by atoms with Crippen LogP contribution in [0.15, 0.2) is 36.5 Å². The van der Waals surface area contributed by atoms with E-state index in [9.17, 15) is 9.59 Å². The van der Waals surface area contributed by atoms with Gasteiger partial charge in [-0.2, -0.15) is 10.2 Å². The van der Waals surface area contributed by atoms with E-state index >= 15 is 0 Å². The monoisotopic (exact) mass is 424 g/mol. The third-order valence-corrected chi connectivity index (χ3v) is 5.10.